The van der Waals surface area contributed by atoms with Crippen LogP contribution >= 0.6 is 11.3 Å². The zero-order chi connectivity index (χ0) is 13.2. The molecule has 1 aromatic heterocycles. The van der Waals surface area contributed by atoms with Crippen LogP contribution in [0.2, 0.25) is 0 Å². The van der Waals surface area contributed by atoms with E-state index in [0.29, 0.717) is 5.69 Å². The fourth-order valence-corrected chi connectivity index (χ4v) is 3.09. The molecule has 19 heavy (non-hydrogen) atoms. The Morgan fingerprint density at radius 3 is 2.95 bits per heavy atom. The molecular weight excluding hydrogens is 260 g/mol. The highest BCUT2D eigenvalue weighted by Gasteiger charge is 2.20. The normalized spacial score (nSPS) is 14.1. The standard InChI is InChI=1S/C14H14N2O2S/c1-18-13(17)12-9-19-14(15-12)16-7-6-10-4-2-3-5-11(10)8-16/h2-5,9H,6-8H2,1H3. The van der Waals surface area contributed by atoms with Crippen LogP contribution in [0.3, 0.4) is 0 Å². The molecule has 0 amide bonds. The predicted molar refractivity (Wildman–Crippen MR) is 74.6 cm³/mol. The number of methoxy groups -OCH3 is 1. The maximum atomic E-state index is 11.4. The highest BCUT2D eigenvalue weighted by molar-refractivity contribution is 7.13. The Morgan fingerprint density at radius 2 is 2.16 bits per heavy atom. The fraction of sp³-hybridized carbons (Fsp3) is 0.286. The molecule has 1 aliphatic rings. The van der Waals surface area contributed by atoms with Crippen LogP contribution in [0.1, 0.15) is 21.6 Å². The van der Waals surface area contributed by atoms with E-state index in [1.54, 1.807) is 5.38 Å². The zero-order valence-corrected chi connectivity index (χ0v) is 11.4. The van der Waals surface area contributed by atoms with Crippen molar-refractivity contribution in [3.05, 3.63) is 46.5 Å². The van der Waals surface area contributed by atoms with E-state index in [1.807, 2.05) is 0 Å². The number of benzene rings is 1. The highest BCUT2D eigenvalue weighted by Crippen LogP contribution is 2.27. The van der Waals surface area contributed by atoms with E-state index >= 15 is 0 Å². The van der Waals surface area contributed by atoms with Crippen molar-refractivity contribution in [2.24, 2.45) is 0 Å². The van der Waals surface area contributed by atoms with Gasteiger partial charge >= 0.3 is 5.97 Å². The topological polar surface area (TPSA) is 42.4 Å². The van der Waals surface area contributed by atoms with E-state index in [-0.39, 0.29) is 5.97 Å². The van der Waals surface area contributed by atoms with Crippen molar-refractivity contribution >= 4 is 22.4 Å². The third kappa shape index (κ3) is 2.33. The van der Waals surface area contributed by atoms with Gasteiger partial charge in [0, 0.05) is 18.5 Å². The summed E-state index contributed by atoms with van der Waals surface area (Å²) in [6, 6.07) is 8.46. The van der Waals surface area contributed by atoms with Gasteiger partial charge in [-0.1, -0.05) is 24.3 Å². The molecule has 98 valence electrons. The van der Waals surface area contributed by atoms with Crippen LogP contribution in [0.15, 0.2) is 29.6 Å². The Hall–Kier alpha value is -1.88. The summed E-state index contributed by atoms with van der Waals surface area (Å²) in [5.74, 6) is -0.375. The molecule has 4 nitrogen and oxygen atoms in total. The molecule has 0 spiro atoms. The molecule has 0 aliphatic carbocycles. The first kappa shape index (κ1) is 12.2. The number of esters is 1. The number of carbonyl (C=O) groups is 1. The number of carbonyl (C=O) groups excluding carboxylic acids is 1. The minimum Gasteiger partial charge on any atom is -0.464 e. The van der Waals surface area contributed by atoms with E-state index < -0.39 is 0 Å². The van der Waals surface area contributed by atoms with E-state index in [4.69, 9.17) is 0 Å². The van der Waals surface area contributed by atoms with Crippen molar-refractivity contribution in [3.63, 3.8) is 0 Å². The number of fused-ring (bicyclic) bond motifs is 1. The lowest BCUT2D eigenvalue weighted by molar-refractivity contribution is 0.0595. The van der Waals surface area contributed by atoms with Crippen molar-refractivity contribution in [2.45, 2.75) is 13.0 Å². The second kappa shape index (κ2) is 5.01. The molecule has 0 N–H and O–H groups in total. The molecule has 0 saturated carbocycles. The van der Waals surface area contributed by atoms with Crippen molar-refractivity contribution in [2.75, 3.05) is 18.6 Å². The molecule has 2 heterocycles. The van der Waals surface area contributed by atoms with Crippen molar-refractivity contribution in [3.8, 4) is 0 Å². The number of nitrogens with zero attached hydrogens (tertiary/aromatic N) is 2. The maximum absolute atomic E-state index is 11.4. The molecule has 0 radical (unpaired) electrons. The quantitative estimate of drug-likeness (QED) is 0.789. The number of hydrogen-bond acceptors (Lipinski definition) is 5. The number of rotatable bonds is 2. The Balaban J connectivity index is 1.81. The van der Waals surface area contributed by atoms with Crippen LogP contribution in [0.5, 0.6) is 0 Å². The molecule has 1 aliphatic heterocycles. The molecule has 1 aromatic carbocycles. The van der Waals surface area contributed by atoms with Crippen LogP contribution in [-0.2, 0) is 17.7 Å². The summed E-state index contributed by atoms with van der Waals surface area (Å²) in [5.41, 5.74) is 3.13. The average molecular weight is 274 g/mol. The molecule has 3 rings (SSSR count). The van der Waals surface area contributed by atoms with E-state index in [9.17, 15) is 4.79 Å². The summed E-state index contributed by atoms with van der Waals surface area (Å²) in [4.78, 5) is 18.0. The molecule has 0 saturated heterocycles. The van der Waals surface area contributed by atoms with Crippen LogP contribution in [0, 0.1) is 0 Å². The number of thiazole rings is 1. The van der Waals surface area contributed by atoms with Gasteiger partial charge in [-0.3, -0.25) is 0 Å². The molecule has 0 atom stereocenters. The largest absolute Gasteiger partial charge is 0.464 e. The first-order chi connectivity index (χ1) is 9.28. The van der Waals surface area contributed by atoms with Crippen LogP contribution in [0.4, 0.5) is 5.13 Å². The average Bonchev–Trinajstić information content (AvgIpc) is 2.95. The van der Waals surface area contributed by atoms with Gasteiger partial charge in [0.05, 0.1) is 7.11 Å². The van der Waals surface area contributed by atoms with Gasteiger partial charge in [0.15, 0.2) is 10.8 Å². The van der Waals surface area contributed by atoms with Gasteiger partial charge in [0.1, 0.15) is 0 Å². The third-order valence-electron chi connectivity index (χ3n) is 3.29. The molecular formula is C14H14N2O2S. The molecule has 2 aromatic rings. The summed E-state index contributed by atoms with van der Waals surface area (Å²) < 4.78 is 4.68. The van der Waals surface area contributed by atoms with E-state index in [2.05, 4.69) is 38.9 Å². The molecule has 0 fully saturated rings. The number of aromatic nitrogens is 1. The first-order valence-corrected chi connectivity index (χ1v) is 7.01. The minimum atomic E-state index is -0.375. The summed E-state index contributed by atoms with van der Waals surface area (Å²) in [7, 11) is 1.37. The Kier molecular flexibility index (Phi) is 3.21. The minimum absolute atomic E-state index is 0.375. The van der Waals surface area contributed by atoms with Gasteiger partial charge in [-0.25, -0.2) is 9.78 Å². The van der Waals surface area contributed by atoms with Crippen molar-refractivity contribution < 1.29 is 9.53 Å². The number of hydrogen-bond donors (Lipinski definition) is 0. The van der Waals surface area contributed by atoms with E-state index in [0.717, 1.165) is 24.6 Å². The molecule has 0 bridgehead atoms. The number of anilines is 1. The lowest BCUT2D eigenvalue weighted by Gasteiger charge is -2.28. The second-order valence-corrected chi connectivity index (χ2v) is 5.28. The fourth-order valence-electron chi connectivity index (χ4n) is 2.27. The van der Waals surface area contributed by atoms with Gasteiger partial charge in [-0.2, -0.15) is 0 Å². The Bertz CT molecular complexity index is 609. The van der Waals surface area contributed by atoms with Crippen LogP contribution in [-0.4, -0.2) is 24.6 Å². The van der Waals surface area contributed by atoms with Crippen molar-refractivity contribution in [1.82, 2.24) is 4.98 Å². The van der Waals surface area contributed by atoms with Gasteiger partial charge in [0.25, 0.3) is 0 Å². The smallest absolute Gasteiger partial charge is 0.357 e. The monoisotopic (exact) mass is 274 g/mol. The predicted octanol–water partition coefficient (Wildman–Crippen LogP) is 2.49. The molecule has 0 unspecified atom stereocenters. The zero-order valence-electron chi connectivity index (χ0n) is 10.6. The van der Waals surface area contributed by atoms with Gasteiger partial charge in [-0.15, -0.1) is 11.3 Å². The van der Waals surface area contributed by atoms with Gasteiger partial charge < -0.3 is 9.64 Å². The summed E-state index contributed by atoms with van der Waals surface area (Å²) in [6.07, 6.45) is 1.02. The summed E-state index contributed by atoms with van der Waals surface area (Å²) in [5, 5.41) is 2.64. The maximum Gasteiger partial charge on any atom is 0.357 e. The van der Waals surface area contributed by atoms with Crippen LogP contribution < -0.4 is 4.90 Å². The SMILES string of the molecule is COC(=O)c1csc(N2CCc3ccccc3C2)n1. The summed E-state index contributed by atoms with van der Waals surface area (Å²) >= 11 is 1.49. The van der Waals surface area contributed by atoms with Gasteiger partial charge in [-0.05, 0) is 17.5 Å². The first-order valence-electron chi connectivity index (χ1n) is 6.13. The lowest BCUT2D eigenvalue weighted by atomic mass is 10.0. The Labute approximate surface area is 115 Å². The van der Waals surface area contributed by atoms with Crippen molar-refractivity contribution in [1.29, 1.82) is 0 Å². The molecule has 5 heteroatoms. The lowest BCUT2D eigenvalue weighted by Crippen LogP contribution is -2.30. The second-order valence-electron chi connectivity index (χ2n) is 4.45. The Morgan fingerprint density at radius 1 is 1.37 bits per heavy atom. The third-order valence-corrected chi connectivity index (χ3v) is 4.19. The summed E-state index contributed by atoms with van der Waals surface area (Å²) in [6.45, 7) is 1.79. The van der Waals surface area contributed by atoms with Gasteiger partial charge in [0.2, 0.25) is 0 Å². The number of ether oxygens (including phenoxy) is 1. The van der Waals surface area contributed by atoms with Crippen LogP contribution in [0.25, 0.3) is 0 Å². The highest BCUT2D eigenvalue weighted by atomic mass is 32.1. The van der Waals surface area contributed by atoms with E-state index in [1.165, 1.54) is 29.6 Å².